The summed E-state index contributed by atoms with van der Waals surface area (Å²) in [7, 11) is -3.66. The Balaban J connectivity index is 1.89. The summed E-state index contributed by atoms with van der Waals surface area (Å²) in [5, 5.41) is 0. The highest BCUT2D eigenvalue weighted by atomic mass is 79.9. The molecule has 0 aliphatic heterocycles. The number of hydrogen-bond donors (Lipinski definition) is 1. The smallest absolute Gasteiger partial charge is 0.240 e. The highest BCUT2D eigenvalue weighted by Gasteiger charge is 2.14. The third-order valence-corrected chi connectivity index (χ3v) is 4.90. The van der Waals surface area contributed by atoms with Crippen molar-refractivity contribution in [3.8, 4) is 5.75 Å². The minimum Gasteiger partial charge on any atom is -0.492 e. The molecule has 0 heterocycles. The van der Waals surface area contributed by atoms with Gasteiger partial charge in [0.25, 0.3) is 0 Å². The van der Waals surface area contributed by atoms with Crippen LogP contribution in [0.5, 0.6) is 5.75 Å². The lowest BCUT2D eigenvalue weighted by molar-refractivity contribution is 0.323. The van der Waals surface area contributed by atoms with Crippen LogP contribution in [0.1, 0.15) is 5.56 Å². The molecule has 0 aliphatic rings. The van der Waals surface area contributed by atoms with Gasteiger partial charge in [-0.25, -0.2) is 17.5 Å². The summed E-state index contributed by atoms with van der Waals surface area (Å²) in [6.45, 7) is 1.83. The van der Waals surface area contributed by atoms with Gasteiger partial charge in [0.1, 0.15) is 18.2 Å². The van der Waals surface area contributed by atoms with Crippen LogP contribution in [0.2, 0.25) is 0 Å². The molecule has 0 aliphatic carbocycles. The number of nitrogens with one attached hydrogen (secondary N) is 1. The number of sulfonamides is 1. The average molecular weight is 388 g/mol. The zero-order chi connectivity index (χ0) is 16.2. The Morgan fingerprint density at radius 3 is 2.50 bits per heavy atom. The molecule has 2 aromatic carbocycles. The highest BCUT2D eigenvalue weighted by Crippen LogP contribution is 2.16. The molecule has 4 nitrogen and oxygen atoms in total. The number of aryl methyl sites for hydroxylation is 1. The van der Waals surface area contributed by atoms with Crippen molar-refractivity contribution >= 4 is 26.0 Å². The fourth-order valence-electron chi connectivity index (χ4n) is 1.74. The molecule has 2 aromatic rings. The normalized spacial score (nSPS) is 11.4. The molecule has 0 radical (unpaired) electrons. The molecule has 0 saturated carbocycles. The lowest BCUT2D eigenvalue weighted by atomic mass is 10.2. The molecule has 2 rings (SSSR count). The molecule has 0 aromatic heterocycles. The summed E-state index contributed by atoms with van der Waals surface area (Å²) >= 11 is 3.32. The number of hydrogen-bond acceptors (Lipinski definition) is 3. The summed E-state index contributed by atoms with van der Waals surface area (Å²) in [5.74, 6) is 0.220. The molecule has 1 N–H and O–H groups in total. The van der Waals surface area contributed by atoms with Gasteiger partial charge in [0.2, 0.25) is 10.0 Å². The second-order valence-electron chi connectivity index (χ2n) is 4.61. The van der Waals surface area contributed by atoms with Crippen molar-refractivity contribution < 1.29 is 17.5 Å². The second kappa shape index (κ2) is 7.21. The van der Waals surface area contributed by atoms with Gasteiger partial charge in [-0.15, -0.1) is 0 Å². The molecule has 118 valence electrons. The minimum atomic E-state index is -3.66. The summed E-state index contributed by atoms with van der Waals surface area (Å²) in [5.41, 5.74) is 0.286. The molecule has 0 saturated heterocycles. The van der Waals surface area contributed by atoms with E-state index < -0.39 is 15.8 Å². The van der Waals surface area contributed by atoms with Gasteiger partial charge in [-0.2, -0.15) is 0 Å². The van der Waals surface area contributed by atoms with E-state index in [-0.39, 0.29) is 23.6 Å². The first-order valence-electron chi connectivity index (χ1n) is 6.53. The van der Waals surface area contributed by atoms with Crippen LogP contribution in [0, 0.1) is 12.7 Å². The van der Waals surface area contributed by atoms with Crippen LogP contribution in [0.4, 0.5) is 4.39 Å². The quantitative estimate of drug-likeness (QED) is 0.773. The summed E-state index contributed by atoms with van der Waals surface area (Å²) in [6, 6.07) is 10.9. The third-order valence-electron chi connectivity index (χ3n) is 2.92. The topological polar surface area (TPSA) is 55.4 Å². The Bertz CT molecular complexity index is 748. The van der Waals surface area contributed by atoms with Crippen LogP contribution < -0.4 is 9.46 Å². The molecule has 0 atom stereocenters. The third kappa shape index (κ3) is 4.53. The fraction of sp³-hybridized carbons (Fsp3) is 0.200. The number of halogens is 2. The van der Waals surface area contributed by atoms with Crippen molar-refractivity contribution in [3.05, 3.63) is 58.3 Å². The zero-order valence-corrected chi connectivity index (χ0v) is 14.2. The van der Waals surface area contributed by atoms with Crippen molar-refractivity contribution in [2.45, 2.75) is 11.8 Å². The SMILES string of the molecule is Cc1cc(S(=O)(=O)NCCOc2ccc(Br)cc2)ccc1F. The van der Waals surface area contributed by atoms with Crippen molar-refractivity contribution in [2.75, 3.05) is 13.2 Å². The molecule has 22 heavy (non-hydrogen) atoms. The number of benzene rings is 2. The predicted octanol–water partition coefficient (Wildman–Crippen LogP) is 3.25. The van der Waals surface area contributed by atoms with Crippen molar-refractivity contribution in [3.63, 3.8) is 0 Å². The molecule has 0 spiro atoms. The molecular formula is C15H15BrFNO3S. The maximum atomic E-state index is 13.2. The molecule has 0 unspecified atom stereocenters. The standard InChI is InChI=1S/C15H15BrFNO3S/c1-11-10-14(6-7-15(11)17)22(19,20)18-8-9-21-13-4-2-12(16)3-5-13/h2-7,10,18H,8-9H2,1H3. The zero-order valence-electron chi connectivity index (χ0n) is 11.8. The van der Waals surface area contributed by atoms with Gasteiger partial charge in [0.05, 0.1) is 4.90 Å². The predicted molar refractivity (Wildman–Crippen MR) is 86.0 cm³/mol. The highest BCUT2D eigenvalue weighted by molar-refractivity contribution is 9.10. The Morgan fingerprint density at radius 2 is 1.86 bits per heavy atom. The van der Waals surface area contributed by atoms with Crippen molar-refractivity contribution in [2.24, 2.45) is 0 Å². The van der Waals surface area contributed by atoms with E-state index >= 15 is 0 Å². The summed E-state index contributed by atoms with van der Waals surface area (Å²) in [6.07, 6.45) is 0. The van der Waals surface area contributed by atoms with Crippen molar-refractivity contribution in [1.29, 1.82) is 0 Å². The van der Waals surface area contributed by atoms with Crippen molar-refractivity contribution in [1.82, 2.24) is 4.72 Å². The van der Waals surface area contributed by atoms with E-state index in [1.165, 1.54) is 19.1 Å². The van der Waals surface area contributed by atoms with Crippen LogP contribution in [0.3, 0.4) is 0 Å². The molecule has 0 fully saturated rings. The Hall–Kier alpha value is -1.44. The molecule has 7 heteroatoms. The van der Waals surface area contributed by atoms with E-state index in [1.54, 1.807) is 12.1 Å². The minimum absolute atomic E-state index is 0.0371. The number of rotatable bonds is 6. The van der Waals surface area contributed by atoms with E-state index in [9.17, 15) is 12.8 Å². The second-order valence-corrected chi connectivity index (χ2v) is 7.29. The maximum Gasteiger partial charge on any atom is 0.240 e. The first-order chi connectivity index (χ1) is 10.4. The van der Waals surface area contributed by atoms with Crippen LogP contribution in [0.15, 0.2) is 51.8 Å². The van der Waals surface area contributed by atoms with E-state index in [0.29, 0.717) is 5.75 Å². The first kappa shape index (κ1) is 16.9. The van der Waals surface area contributed by atoms with Crippen LogP contribution in [0.25, 0.3) is 0 Å². The van der Waals surface area contributed by atoms with Gasteiger partial charge in [-0.3, -0.25) is 0 Å². The van der Waals surface area contributed by atoms with Crippen LogP contribution in [-0.4, -0.2) is 21.6 Å². The van der Waals surface area contributed by atoms with E-state index in [1.807, 2.05) is 12.1 Å². The fourth-order valence-corrected chi connectivity index (χ4v) is 3.11. The number of ether oxygens (including phenoxy) is 1. The largest absolute Gasteiger partial charge is 0.492 e. The van der Waals surface area contributed by atoms with Gasteiger partial charge >= 0.3 is 0 Å². The summed E-state index contributed by atoms with van der Waals surface area (Å²) in [4.78, 5) is 0.0371. The Kier molecular flexibility index (Phi) is 5.55. The monoisotopic (exact) mass is 387 g/mol. The van der Waals surface area contributed by atoms with Gasteiger partial charge in [-0.1, -0.05) is 15.9 Å². The Morgan fingerprint density at radius 1 is 1.18 bits per heavy atom. The molecule has 0 bridgehead atoms. The van der Waals surface area contributed by atoms with E-state index in [2.05, 4.69) is 20.7 Å². The van der Waals surface area contributed by atoms with Gasteiger partial charge in [-0.05, 0) is 55.0 Å². The lowest BCUT2D eigenvalue weighted by Crippen LogP contribution is -2.28. The lowest BCUT2D eigenvalue weighted by Gasteiger charge is -2.09. The maximum absolute atomic E-state index is 13.2. The molecular weight excluding hydrogens is 373 g/mol. The average Bonchev–Trinajstić information content (AvgIpc) is 2.48. The molecule has 0 amide bonds. The van der Waals surface area contributed by atoms with E-state index in [4.69, 9.17) is 4.74 Å². The van der Waals surface area contributed by atoms with Crippen LogP contribution in [-0.2, 0) is 10.0 Å². The van der Waals surface area contributed by atoms with E-state index in [0.717, 1.165) is 10.5 Å². The van der Waals surface area contributed by atoms with Gasteiger partial charge in [0, 0.05) is 11.0 Å². The Labute approximate surface area is 137 Å². The van der Waals surface area contributed by atoms with Gasteiger partial charge in [0.15, 0.2) is 0 Å². The first-order valence-corrected chi connectivity index (χ1v) is 8.80. The van der Waals surface area contributed by atoms with Crippen LogP contribution >= 0.6 is 15.9 Å². The van der Waals surface area contributed by atoms with Gasteiger partial charge < -0.3 is 4.74 Å². The summed E-state index contributed by atoms with van der Waals surface area (Å²) < 4.78 is 46.1.